The number of benzene rings is 2. The molecule has 2 aromatic carbocycles. The van der Waals surface area contributed by atoms with E-state index in [1.54, 1.807) is 25.4 Å². The smallest absolute Gasteiger partial charge is 0.224 e. The van der Waals surface area contributed by atoms with Gasteiger partial charge in [-0.3, -0.25) is 4.79 Å². The third kappa shape index (κ3) is 13.3. The second-order valence-electron chi connectivity index (χ2n) is 11.0. The molecular weight excluding hydrogens is 608 g/mol. The van der Waals surface area contributed by atoms with Crippen LogP contribution in [0.2, 0.25) is 0 Å². The Kier molecular flexibility index (Phi) is 18.2. The number of amides is 1. The first-order valence-corrected chi connectivity index (χ1v) is 16.6. The molecule has 3 rings (SSSR count). The number of aromatic nitrogens is 1. The molecule has 5 nitrogen and oxygen atoms in total. The van der Waals surface area contributed by atoms with Crippen molar-refractivity contribution in [1.29, 1.82) is 0 Å². The van der Waals surface area contributed by atoms with Crippen LogP contribution >= 0.6 is 11.3 Å². The van der Waals surface area contributed by atoms with Crippen molar-refractivity contribution in [2.24, 2.45) is 0 Å². The molecule has 1 heterocycles. The zero-order valence-electron chi connectivity index (χ0n) is 26.0. The van der Waals surface area contributed by atoms with Crippen molar-refractivity contribution in [2.75, 3.05) is 25.2 Å². The van der Waals surface area contributed by atoms with Gasteiger partial charge < -0.3 is 31.4 Å². The maximum atomic E-state index is 12.6. The quantitative estimate of drug-likeness (QED) is 0.108. The molecular formula is C35H51BrN2O3S. The maximum absolute atomic E-state index is 12.6. The van der Waals surface area contributed by atoms with Gasteiger partial charge in [-0.05, 0) is 42.7 Å². The van der Waals surface area contributed by atoms with Crippen LogP contribution in [-0.2, 0) is 17.8 Å². The van der Waals surface area contributed by atoms with Crippen LogP contribution in [0.3, 0.4) is 0 Å². The molecule has 0 fully saturated rings. The minimum atomic E-state index is 0. The first-order valence-electron chi connectivity index (χ1n) is 15.7. The topological polar surface area (TPSA) is 42.7 Å². The predicted molar refractivity (Wildman–Crippen MR) is 171 cm³/mol. The number of carbonyl (C=O) groups excluding carboxylic acids is 1. The molecule has 0 unspecified atom stereocenters. The van der Waals surface area contributed by atoms with E-state index in [1.807, 2.05) is 23.1 Å². The van der Waals surface area contributed by atoms with Gasteiger partial charge in [0.1, 0.15) is 0 Å². The molecule has 0 saturated heterocycles. The van der Waals surface area contributed by atoms with E-state index < -0.39 is 0 Å². The summed E-state index contributed by atoms with van der Waals surface area (Å²) in [6.07, 6.45) is 18.8. The fraction of sp³-hybridized carbons (Fsp3) is 0.543. The van der Waals surface area contributed by atoms with Gasteiger partial charge in [0.15, 0.2) is 24.2 Å². The third-order valence-electron chi connectivity index (χ3n) is 7.60. The molecule has 3 aromatic rings. The summed E-state index contributed by atoms with van der Waals surface area (Å²) in [5.74, 6) is 1.59. The van der Waals surface area contributed by atoms with Gasteiger partial charge in [0, 0.05) is 24.7 Å². The Morgan fingerprint density at radius 3 is 2.17 bits per heavy atom. The molecule has 7 heteroatoms. The minimum absolute atomic E-state index is 0. The van der Waals surface area contributed by atoms with Gasteiger partial charge in [-0.15, -0.1) is 0 Å². The Morgan fingerprint density at radius 2 is 1.55 bits per heavy atom. The molecule has 0 aliphatic carbocycles. The lowest BCUT2D eigenvalue weighted by molar-refractivity contribution is -0.683. The Labute approximate surface area is 269 Å². The monoisotopic (exact) mass is 658 g/mol. The first kappa shape index (κ1) is 35.8. The zero-order valence-corrected chi connectivity index (χ0v) is 28.4. The number of carbonyl (C=O) groups is 1. The molecule has 0 bridgehead atoms. The van der Waals surface area contributed by atoms with E-state index in [4.69, 9.17) is 9.47 Å². The van der Waals surface area contributed by atoms with Gasteiger partial charge in [-0.1, -0.05) is 107 Å². The van der Waals surface area contributed by atoms with Crippen LogP contribution in [-0.4, -0.2) is 26.2 Å². The second kappa shape index (κ2) is 21.3. The van der Waals surface area contributed by atoms with Crippen LogP contribution in [0.15, 0.2) is 59.6 Å². The summed E-state index contributed by atoms with van der Waals surface area (Å²) in [5.41, 5.74) is 5.33. The van der Waals surface area contributed by atoms with Crippen molar-refractivity contribution in [3.63, 3.8) is 0 Å². The molecule has 232 valence electrons. The number of ether oxygens (including phenoxy) is 2. The van der Waals surface area contributed by atoms with Gasteiger partial charge >= 0.3 is 0 Å². The van der Waals surface area contributed by atoms with Crippen molar-refractivity contribution in [3.05, 3.63) is 70.7 Å². The van der Waals surface area contributed by atoms with Crippen LogP contribution in [0, 0.1) is 0 Å². The molecule has 1 amide bonds. The Hall–Kier alpha value is -2.38. The minimum Gasteiger partial charge on any atom is -1.00 e. The maximum Gasteiger partial charge on any atom is 0.224 e. The van der Waals surface area contributed by atoms with E-state index in [1.165, 1.54) is 76.2 Å². The van der Waals surface area contributed by atoms with E-state index in [0.29, 0.717) is 13.2 Å². The Balaban J connectivity index is 0.00000616. The summed E-state index contributed by atoms with van der Waals surface area (Å²) >= 11 is 1.68. The van der Waals surface area contributed by atoms with Crippen molar-refractivity contribution >= 4 is 22.9 Å². The van der Waals surface area contributed by atoms with Crippen LogP contribution in [0.1, 0.15) is 102 Å². The molecule has 42 heavy (non-hydrogen) atoms. The number of halogens is 1. The second-order valence-corrected chi connectivity index (χ2v) is 11.8. The lowest BCUT2D eigenvalue weighted by Gasteiger charge is -2.22. The van der Waals surface area contributed by atoms with Crippen molar-refractivity contribution < 1.29 is 35.8 Å². The number of thiazole rings is 1. The van der Waals surface area contributed by atoms with Crippen LogP contribution in [0.5, 0.6) is 11.5 Å². The number of methoxy groups -OCH3 is 1. The van der Waals surface area contributed by atoms with E-state index in [9.17, 15) is 4.79 Å². The predicted octanol–water partition coefficient (Wildman–Crippen LogP) is 5.77. The summed E-state index contributed by atoms with van der Waals surface area (Å²) < 4.78 is 13.9. The van der Waals surface area contributed by atoms with Crippen molar-refractivity contribution in [1.82, 2.24) is 0 Å². The van der Waals surface area contributed by atoms with Gasteiger partial charge in [-0.2, -0.15) is 4.57 Å². The van der Waals surface area contributed by atoms with E-state index in [2.05, 4.69) is 52.8 Å². The largest absolute Gasteiger partial charge is 1.00 e. The number of anilines is 1. The van der Waals surface area contributed by atoms with E-state index in [0.717, 1.165) is 42.1 Å². The highest BCUT2D eigenvalue weighted by molar-refractivity contribution is 7.07. The number of hydrogen-bond acceptors (Lipinski definition) is 4. The number of unbranched alkanes of at least 4 members (excludes halogenated alkanes) is 11. The zero-order chi connectivity index (χ0) is 29.1. The lowest BCUT2D eigenvalue weighted by atomic mass is 10.1. The number of nitrogens with zero attached hydrogens (tertiary/aromatic N) is 2. The van der Waals surface area contributed by atoms with Gasteiger partial charge in [0.2, 0.25) is 11.4 Å². The van der Waals surface area contributed by atoms with Gasteiger partial charge in [0.05, 0.1) is 19.1 Å². The van der Waals surface area contributed by atoms with Crippen LogP contribution in [0.4, 0.5) is 5.69 Å². The highest BCUT2D eigenvalue weighted by Gasteiger charge is 2.14. The summed E-state index contributed by atoms with van der Waals surface area (Å²) in [4.78, 5) is 14.4. The lowest BCUT2D eigenvalue weighted by Crippen LogP contribution is -3.00. The standard InChI is InChI=1S/C35H51N2O3S.BrH/c1-4-5-6-7-8-9-10-11-12-13-14-15-24-40-35-27-31(19-20-34(35)39-3)21-22-37(30(2)38)33-18-16-17-32(26-33)28-36-23-25-41-29-36;/h16-20,23,25-27,29H,4-15,21-22,24,28H2,1-3H3;1H/q+1;/p-1. The highest BCUT2D eigenvalue weighted by Crippen LogP contribution is 2.29. The fourth-order valence-corrected chi connectivity index (χ4v) is 5.81. The average molecular weight is 660 g/mol. The Morgan fingerprint density at radius 1 is 0.857 bits per heavy atom. The highest BCUT2D eigenvalue weighted by atomic mass is 79.9. The van der Waals surface area contributed by atoms with Crippen LogP contribution < -0.4 is 35.9 Å². The molecule has 0 radical (unpaired) electrons. The SMILES string of the molecule is CCCCCCCCCCCCCCOc1cc(CCN(C(C)=O)c2cccc(C[n+]3ccsc3)c2)ccc1OC.[Br-]. The molecule has 0 N–H and O–H groups in total. The summed E-state index contributed by atoms with van der Waals surface area (Å²) in [6, 6.07) is 14.4. The fourth-order valence-electron chi connectivity index (χ4n) is 5.21. The summed E-state index contributed by atoms with van der Waals surface area (Å²) in [6.45, 7) is 6.01. The summed E-state index contributed by atoms with van der Waals surface area (Å²) in [7, 11) is 1.69. The molecule has 0 aliphatic heterocycles. The number of hydrogen-bond donors (Lipinski definition) is 0. The molecule has 0 aliphatic rings. The first-order chi connectivity index (χ1) is 20.1. The van der Waals surface area contributed by atoms with Crippen molar-refractivity contribution in [2.45, 2.75) is 104 Å². The van der Waals surface area contributed by atoms with Gasteiger partial charge in [-0.25, -0.2) is 0 Å². The van der Waals surface area contributed by atoms with Crippen molar-refractivity contribution in [3.8, 4) is 11.5 Å². The molecule has 1 aromatic heterocycles. The van der Waals surface area contributed by atoms with E-state index >= 15 is 0 Å². The van der Waals surface area contributed by atoms with E-state index in [-0.39, 0.29) is 22.9 Å². The third-order valence-corrected chi connectivity index (χ3v) is 8.27. The molecule has 0 spiro atoms. The average Bonchev–Trinajstić information content (AvgIpc) is 3.49. The number of rotatable bonds is 21. The molecule has 0 atom stereocenters. The molecule has 0 saturated carbocycles. The van der Waals surface area contributed by atoms with Gasteiger partial charge in [0.25, 0.3) is 0 Å². The summed E-state index contributed by atoms with van der Waals surface area (Å²) in [5, 5.41) is 2.07. The Bertz CT molecular complexity index is 1140. The van der Waals surface area contributed by atoms with Crippen LogP contribution in [0.25, 0.3) is 0 Å². The normalized spacial score (nSPS) is 10.7.